The van der Waals surface area contributed by atoms with Gasteiger partial charge in [0, 0.05) is 30.7 Å². The number of nitrogens with zero attached hydrogens (tertiary/aromatic N) is 2. The first-order chi connectivity index (χ1) is 12.5. The van der Waals surface area contributed by atoms with Gasteiger partial charge >= 0.3 is 0 Å². The minimum absolute atomic E-state index is 0.0771. The Hall–Kier alpha value is -3.19. The number of carbonyl (C=O) groups is 1. The number of para-hydroxylation sites is 1. The van der Waals surface area contributed by atoms with Crippen LogP contribution in [0.15, 0.2) is 84.0 Å². The Morgan fingerprint density at radius 2 is 1.54 bits per heavy atom. The van der Waals surface area contributed by atoms with E-state index in [4.69, 9.17) is 0 Å². The van der Waals surface area contributed by atoms with E-state index in [2.05, 4.69) is 9.71 Å². The van der Waals surface area contributed by atoms with Gasteiger partial charge in [-0.3, -0.25) is 14.5 Å². The molecule has 0 aliphatic carbocycles. The Kier molecular flexibility index (Phi) is 4.99. The maximum absolute atomic E-state index is 12.6. The lowest BCUT2D eigenvalue weighted by atomic mass is 10.2. The van der Waals surface area contributed by atoms with Crippen LogP contribution >= 0.6 is 0 Å². The first kappa shape index (κ1) is 17.6. The molecule has 1 amide bonds. The van der Waals surface area contributed by atoms with E-state index in [9.17, 15) is 13.2 Å². The summed E-state index contributed by atoms with van der Waals surface area (Å²) in [5.74, 6) is -0.220. The number of sulfonamides is 1. The summed E-state index contributed by atoms with van der Waals surface area (Å²) in [5, 5.41) is 0. The van der Waals surface area contributed by atoms with Crippen molar-refractivity contribution in [1.82, 2.24) is 4.98 Å². The van der Waals surface area contributed by atoms with Crippen molar-refractivity contribution in [3.8, 4) is 0 Å². The summed E-state index contributed by atoms with van der Waals surface area (Å²) in [4.78, 5) is 18.0. The number of hydrogen-bond acceptors (Lipinski definition) is 4. The monoisotopic (exact) mass is 367 g/mol. The Balaban J connectivity index is 1.79. The van der Waals surface area contributed by atoms with Crippen molar-refractivity contribution in [2.45, 2.75) is 4.90 Å². The van der Waals surface area contributed by atoms with Crippen LogP contribution in [0.5, 0.6) is 0 Å². The van der Waals surface area contributed by atoms with Gasteiger partial charge in [-0.25, -0.2) is 8.42 Å². The van der Waals surface area contributed by atoms with Crippen LogP contribution in [0.25, 0.3) is 0 Å². The average molecular weight is 367 g/mol. The van der Waals surface area contributed by atoms with Gasteiger partial charge in [-0.1, -0.05) is 18.2 Å². The molecule has 0 saturated heterocycles. The van der Waals surface area contributed by atoms with Crippen molar-refractivity contribution in [2.24, 2.45) is 0 Å². The van der Waals surface area contributed by atoms with E-state index in [0.29, 0.717) is 11.3 Å². The second-order valence-electron chi connectivity index (χ2n) is 5.57. The normalized spacial score (nSPS) is 11.0. The van der Waals surface area contributed by atoms with Crippen LogP contribution in [0.3, 0.4) is 0 Å². The average Bonchev–Trinajstić information content (AvgIpc) is 2.68. The molecule has 0 aliphatic heterocycles. The SMILES string of the molecule is CN(C(=O)c1ccc(S(=O)(=O)Nc2ccncc2)cc1)c1ccccc1. The topological polar surface area (TPSA) is 79.4 Å². The lowest BCUT2D eigenvalue weighted by Gasteiger charge is -2.17. The minimum atomic E-state index is -3.73. The molecule has 1 N–H and O–H groups in total. The van der Waals surface area contributed by atoms with Gasteiger partial charge in [0.2, 0.25) is 0 Å². The van der Waals surface area contributed by atoms with Crippen LogP contribution in [0, 0.1) is 0 Å². The molecule has 0 radical (unpaired) electrons. The van der Waals surface area contributed by atoms with Crippen molar-refractivity contribution in [1.29, 1.82) is 0 Å². The molecule has 0 spiro atoms. The van der Waals surface area contributed by atoms with Gasteiger partial charge in [0.15, 0.2) is 0 Å². The van der Waals surface area contributed by atoms with E-state index in [1.54, 1.807) is 19.2 Å². The zero-order valence-corrected chi connectivity index (χ0v) is 14.8. The molecule has 132 valence electrons. The molecule has 1 aromatic heterocycles. The Morgan fingerprint density at radius 3 is 2.15 bits per heavy atom. The van der Waals surface area contributed by atoms with Crippen molar-refractivity contribution in [3.63, 3.8) is 0 Å². The Bertz CT molecular complexity index is 989. The number of nitrogens with one attached hydrogen (secondary N) is 1. The number of benzene rings is 2. The summed E-state index contributed by atoms with van der Waals surface area (Å²) in [6.45, 7) is 0. The van der Waals surface area contributed by atoms with Gasteiger partial charge < -0.3 is 4.90 Å². The van der Waals surface area contributed by atoms with E-state index < -0.39 is 10.0 Å². The fourth-order valence-electron chi connectivity index (χ4n) is 2.37. The molecule has 0 saturated carbocycles. The fourth-order valence-corrected chi connectivity index (χ4v) is 3.43. The van der Waals surface area contributed by atoms with Crippen LogP contribution in [-0.4, -0.2) is 26.4 Å². The van der Waals surface area contributed by atoms with Gasteiger partial charge in [0.25, 0.3) is 15.9 Å². The summed E-state index contributed by atoms with van der Waals surface area (Å²) in [5.41, 5.74) is 1.58. The molecule has 26 heavy (non-hydrogen) atoms. The molecule has 0 fully saturated rings. The Morgan fingerprint density at radius 1 is 0.923 bits per heavy atom. The first-order valence-corrected chi connectivity index (χ1v) is 9.32. The summed E-state index contributed by atoms with van der Waals surface area (Å²) in [6, 6.07) is 18.2. The second kappa shape index (κ2) is 7.37. The van der Waals surface area contributed by atoms with E-state index in [0.717, 1.165) is 5.69 Å². The highest BCUT2D eigenvalue weighted by atomic mass is 32.2. The molecule has 1 heterocycles. The highest BCUT2D eigenvalue weighted by Crippen LogP contribution is 2.18. The van der Waals surface area contributed by atoms with E-state index in [-0.39, 0.29) is 10.8 Å². The summed E-state index contributed by atoms with van der Waals surface area (Å²) in [6.07, 6.45) is 3.00. The molecular weight excluding hydrogens is 350 g/mol. The third-order valence-electron chi connectivity index (χ3n) is 3.79. The van der Waals surface area contributed by atoms with Crippen LogP contribution in [-0.2, 0) is 10.0 Å². The number of pyridine rings is 1. The molecule has 7 heteroatoms. The molecule has 6 nitrogen and oxygen atoms in total. The van der Waals surface area contributed by atoms with E-state index in [1.807, 2.05) is 30.3 Å². The molecule has 3 rings (SSSR count). The van der Waals surface area contributed by atoms with E-state index in [1.165, 1.54) is 41.6 Å². The number of carbonyl (C=O) groups excluding carboxylic acids is 1. The van der Waals surface area contributed by atoms with Crippen molar-refractivity contribution in [3.05, 3.63) is 84.7 Å². The maximum atomic E-state index is 12.6. The standard InChI is InChI=1S/C19H17N3O3S/c1-22(17-5-3-2-4-6-17)19(23)15-7-9-18(10-8-15)26(24,25)21-16-11-13-20-14-12-16/h2-14H,1H3,(H,20,21). The lowest BCUT2D eigenvalue weighted by Crippen LogP contribution is -2.26. The molecule has 0 bridgehead atoms. The fraction of sp³-hybridized carbons (Fsp3) is 0.0526. The minimum Gasteiger partial charge on any atom is -0.311 e. The summed E-state index contributed by atoms with van der Waals surface area (Å²) >= 11 is 0. The van der Waals surface area contributed by atoms with Gasteiger partial charge in [0.1, 0.15) is 0 Å². The first-order valence-electron chi connectivity index (χ1n) is 7.83. The summed E-state index contributed by atoms with van der Waals surface area (Å²) < 4.78 is 27.3. The van der Waals surface area contributed by atoms with Gasteiger partial charge in [-0.05, 0) is 48.5 Å². The van der Waals surface area contributed by atoms with Gasteiger partial charge in [-0.2, -0.15) is 0 Å². The van der Waals surface area contributed by atoms with Crippen molar-refractivity contribution < 1.29 is 13.2 Å². The van der Waals surface area contributed by atoms with Crippen LogP contribution in [0.2, 0.25) is 0 Å². The van der Waals surface area contributed by atoms with Crippen molar-refractivity contribution in [2.75, 3.05) is 16.7 Å². The number of anilines is 2. The molecule has 0 atom stereocenters. The maximum Gasteiger partial charge on any atom is 0.261 e. The number of hydrogen-bond donors (Lipinski definition) is 1. The van der Waals surface area contributed by atoms with Gasteiger partial charge in [-0.15, -0.1) is 0 Å². The number of rotatable bonds is 5. The van der Waals surface area contributed by atoms with Crippen LogP contribution < -0.4 is 9.62 Å². The quantitative estimate of drug-likeness (QED) is 0.751. The zero-order valence-electron chi connectivity index (χ0n) is 14.0. The highest BCUT2D eigenvalue weighted by molar-refractivity contribution is 7.92. The predicted molar refractivity (Wildman–Crippen MR) is 101 cm³/mol. The third kappa shape index (κ3) is 3.89. The van der Waals surface area contributed by atoms with Gasteiger partial charge in [0.05, 0.1) is 10.6 Å². The largest absolute Gasteiger partial charge is 0.311 e. The molecule has 3 aromatic rings. The zero-order chi connectivity index (χ0) is 18.6. The summed E-state index contributed by atoms with van der Waals surface area (Å²) in [7, 11) is -2.06. The smallest absolute Gasteiger partial charge is 0.261 e. The third-order valence-corrected chi connectivity index (χ3v) is 5.19. The molecule has 2 aromatic carbocycles. The lowest BCUT2D eigenvalue weighted by molar-refractivity contribution is 0.0993. The van der Waals surface area contributed by atoms with E-state index >= 15 is 0 Å². The predicted octanol–water partition coefficient (Wildman–Crippen LogP) is 3.16. The number of aromatic nitrogens is 1. The Labute approximate surface area is 152 Å². The van der Waals surface area contributed by atoms with Crippen LogP contribution in [0.4, 0.5) is 11.4 Å². The molecule has 0 unspecified atom stereocenters. The van der Waals surface area contributed by atoms with Crippen LogP contribution in [0.1, 0.15) is 10.4 Å². The molecule has 0 aliphatic rings. The number of amides is 1. The van der Waals surface area contributed by atoms with Crippen molar-refractivity contribution >= 4 is 27.3 Å². The highest BCUT2D eigenvalue weighted by Gasteiger charge is 2.17. The second-order valence-corrected chi connectivity index (χ2v) is 7.25. The molecular formula is C19H17N3O3S.